The molecule has 6 nitrogen and oxygen atoms in total. The smallest absolute Gasteiger partial charge is 0.335 e. The molecule has 1 aliphatic rings. The fourth-order valence-electron chi connectivity index (χ4n) is 2.69. The summed E-state index contributed by atoms with van der Waals surface area (Å²) in [7, 11) is 2.19. The number of hydrogen-bond donors (Lipinski definition) is 2. The van der Waals surface area contributed by atoms with Crippen molar-refractivity contribution in [3.8, 4) is 0 Å². The first-order valence-electron chi connectivity index (χ1n) is 7.66. The molecule has 0 bridgehead atoms. The van der Waals surface area contributed by atoms with Gasteiger partial charge in [-0.3, -0.25) is 9.88 Å². The van der Waals surface area contributed by atoms with Crippen LogP contribution < -0.4 is 0 Å². The summed E-state index contributed by atoms with van der Waals surface area (Å²) in [4.78, 5) is 27.3. The first-order valence-corrected chi connectivity index (χ1v) is 7.66. The third kappa shape index (κ3) is 4.63. The Morgan fingerprint density at radius 2 is 1.79 bits per heavy atom. The van der Waals surface area contributed by atoms with Crippen LogP contribution in [0.25, 0.3) is 0 Å². The molecule has 0 saturated carbocycles. The summed E-state index contributed by atoms with van der Waals surface area (Å²) in [6, 6.07) is 9.99. The fourth-order valence-corrected chi connectivity index (χ4v) is 2.69. The van der Waals surface area contributed by atoms with Gasteiger partial charge in [-0.2, -0.15) is 0 Å². The Kier molecular flexibility index (Phi) is 6.03. The maximum atomic E-state index is 10.4. The maximum Gasteiger partial charge on any atom is 0.335 e. The van der Waals surface area contributed by atoms with Gasteiger partial charge in [-0.05, 0) is 56.3 Å². The molecule has 24 heavy (non-hydrogen) atoms. The second-order valence-electron chi connectivity index (χ2n) is 5.62. The number of hydrogen-bond acceptors (Lipinski definition) is 4. The van der Waals surface area contributed by atoms with E-state index in [1.807, 2.05) is 18.5 Å². The number of likely N-dealkylation sites (tertiary alicyclic amines) is 1. The SMILES string of the molecule is CN1CCCC1c1cccnc1.O=C(O)c1cccc(C(=O)O)c1. The molecule has 1 aromatic heterocycles. The molecule has 2 N–H and O–H groups in total. The Bertz CT molecular complexity index is 674. The molecular formula is C18H20N2O4. The number of rotatable bonds is 3. The highest BCUT2D eigenvalue weighted by atomic mass is 16.4. The molecule has 1 saturated heterocycles. The van der Waals surface area contributed by atoms with Gasteiger partial charge in [0.05, 0.1) is 11.1 Å². The highest BCUT2D eigenvalue weighted by Gasteiger charge is 2.21. The zero-order valence-corrected chi connectivity index (χ0v) is 13.4. The van der Waals surface area contributed by atoms with E-state index in [0.29, 0.717) is 6.04 Å². The quantitative estimate of drug-likeness (QED) is 0.900. The lowest BCUT2D eigenvalue weighted by Crippen LogP contribution is -2.17. The van der Waals surface area contributed by atoms with Gasteiger partial charge in [-0.15, -0.1) is 0 Å². The first-order chi connectivity index (χ1) is 11.5. The van der Waals surface area contributed by atoms with Gasteiger partial charge in [0.25, 0.3) is 0 Å². The van der Waals surface area contributed by atoms with Crippen LogP contribution in [0, 0.1) is 0 Å². The van der Waals surface area contributed by atoms with Crippen molar-refractivity contribution in [1.29, 1.82) is 0 Å². The topological polar surface area (TPSA) is 90.7 Å². The maximum absolute atomic E-state index is 10.4. The average molecular weight is 328 g/mol. The van der Waals surface area contributed by atoms with E-state index in [2.05, 4.69) is 23.0 Å². The van der Waals surface area contributed by atoms with Crippen LogP contribution in [0.2, 0.25) is 0 Å². The minimum absolute atomic E-state index is 0.0186. The first kappa shape index (κ1) is 17.6. The van der Waals surface area contributed by atoms with Crippen LogP contribution in [-0.4, -0.2) is 45.6 Å². The number of aromatic carboxylic acids is 2. The van der Waals surface area contributed by atoms with Gasteiger partial charge in [0.2, 0.25) is 0 Å². The van der Waals surface area contributed by atoms with Crippen LogP contribution in [0.4, 0.5) is 0 Å². The lowest BCUT2D eigenvalue weighted by molar-refractivity contribution is 0.0696. The Balaban J connectivity index is 0.000000174. The van der Waals surface area contributed by atoms with Gasteiger partial charge >= 0.3 is 11.9 Å². The van der Waals surface area contributed by atoms with Crippen molar-refractivity contribution >= 4 is 11.9 Å². The lowest BCUT2D eigenvalue weighted by atomic mass is 10.1. The molecule has 1 aromatic carbocycles. The standard InChI is InChI=1S/C10H14N2.C8H6O4/c1-12-7-3-5-10(12)9-4-2-6-11-8-9;9-7(10)5-2-1-3-6(4-5)8(11)12/h2,4,6,8,10H,3,5,7H2,1H3;1-4H,(H,9,10)(H,11,12). The van der Waals surface area contributed by atoms with Crippen molar-refractivity contribution in [3.63, 3.8) is 0 Å². The largest absolute Gasteiger partial charge is 0.478 e. The van der Waals surface area contributed by atoms with Gasteiger partial charge in [-0.1, -0.05) is 12.1 Å². The molecule has 6 heteroatoms. The molecule has 0 amide bonds. The van der Waals surface area contributed by atoms with Crippen LogP contribution in [0.3, 0.4) is 0 Å². The molecule has 0 radical (unpaired) electrons. The van der Waals surface area contributed by atoms with E-state index in [1.165, 1.54) is 43.1 Å². The van der Waals surface area contributed by atoms with E-state index in [4.69, 9.17) is 10.2 Å². The third-order valence-corrected chi connectivity index (χ3v) is 3.95. The summed E-state index contributed by atoms with van der Waals surface area (Å²) in [5.41, 5.74) is 1.32. The zero-order valence-electron chi connectivity index (χ0n) is 13.4. The predicted octanol–water partition coefficient (Wildman–Crippen LogP) is 2.93. The lowest BCUT2D eigenvalue weighted by Gasteiger charge is -2.18. The summed E-state index contributed by atoms with van der Waals surface area (Å²) in [6.07, 6.45) is 6.41. The summed E-state index contributed by atoms with van der Waals surface area (Å²) >= 11 is 0. The fraction of sp³-hybridized carbons (Fsp3) is 0.278. The number of carboxylic acids is 2. The normalized spacial score (nSPS) is 17.0. The van der Waals surface area contributed by atoms with Gasteiger partial charge in [0.1, 0.15) is 0 Å². The van der Waals surface area contributed by atoms with Crippen LogP contribution in [-0.2, 0) is 0 Å². The van der Waals surface area contributed by atoms with Crippen LogP contribution >= 0.6 is 0 Å². The molecule has 2 aromatic rings. The molecule has 1 unspecified atom stereocenters. The molecular weight excluding hydrogens is 308 g/mol. The molecule has 2 heterocycles. The van der Waals surface area contributed by atoms with Crippen molar-refractivity contribution in [2.45, 2.75) is 18.9 Å². The van der Waals surface area contributed by atoms with E-state index in [-0.39, 0.29) is 11.1 Å². The number of carboxylic acid groups (broad SMARTS) is 2. The second-order valence-corrected chi connectivity index (χ2v) is 5.62. The van der Waals surface area contributed by atoms with Crippen molar-refractivity contribution < 1.29 is 19.8 Å². The Hall–Kier alpha value is -2.73. The Labute approximate surface area is 140 Å². The minimum atomic E-state index is -1.13. The molecule has 1 aliphatic heterocycles. The number of nitrogens with zero attached hydrogens (tertiary/aromatic N) is 2. The average Bonchev–Trinajstić information content (AvgIpc) is 3.02. The highest BCUT2D eigenvalue weighted by molar-refractivity contribution is 5.93. The summed E-state index contributed by atoms with van der Waals surface area (Å²) in [5, 5.41) is 17.0. The van der Waals surface area contributed by atoms with Crippen molar-refractivity contribution in [2.75, 3.05) is 13.6 Å². The van der Waals surface area contributed by atoms with E-state index in [1.54, 1.807) is 0 Å². The molecule has 1 fully saturated rings. The van der Waals surface area contributed by atoms with E-state index in [0.717, 1.165) is 6.07 Å². The molecule has 3 rings (SSSR count). The van der Waals surface area contributed by atoms with Crippen LogP contribution in [0.15, 0.2) is 48.8 Å². The van der Waals surface area contributed by atoms with E-state index >= 15 is 0 Å². The summed E-state index contributed by atoms with van der Waals surface area (Å²) in [6.45, 7) is 1.22. The minimum Gasteiger partial charge on any atom is -0.478 e. The molecule has 1 atom stereocenters. The van der Waals surface area contributed by atoms with E-state index < -0.39 is 11.9 Å². The number of benzene rings is 1. The Morgan fingerprint density at radius 3 is 2.25 bits per heavy atom. The van der Waals surface area contributed by atoms with Crippen molar-refractivity contribution in [3.05, 3.63) is 65.5 Å². The third-order valence-electron chi connectivity index (χ3n) is 3.95. The Morgan fingerprint density at radius 1 is 1.12 bits per heavy atom. The predicted molar refractivity (Wildman–Crippen MR) is 89.2 cm³/mol. The second kappa shape index (κ2) is 8.21. The molecule has 0 aliphatic carbocycles. The van der Waals surface area contributed by atoms with Gasteiger partial charge in [0, 0.05) is 18.4 Å². The van der Waals surface area contributed by atoms with Crippen LogP contribution in [0.1, 0.15) is 45.2 Å². The van der Waals surface area contributed by atoms with Gasteiger partial charge in [-0.25, -0.2) is 9.59 Å². The number of aromatic nitrogens is 1. The number of carbonyl (C=O) groups is 2. The van der Waals surface area contributed by atoms with Crippen LogP contribution in [0.5, 0.6) is 0 Å². The molecule has 126 valence electrons. The van der Waals surface area contributed by atoms with Gasteiger partial charge in [0.15, 0.2) is 0 Å². The highest BCUT2D eigenvalue weighted by Crippen LogP contribution is 2.29. The zero-order chi connectivity index (χ0) is 17.5. The monoisotopic (exact) mass is 328 g/mol. The summed E-state index contributed by atoms with van der Waals surface area (Å²) in [5.74, 6) is -2.25. The van der Waals surface area contributed by atoms with Crippen molar-refractivity contribution in [2.24, 2.45) is 0 Å². The summed E-state index contributed by atoms with van der Waals surface area (Å²) < 4.78 is 0. The molecule has 0 spiro atoms. The number of pyridine rings is 1. The van der Waals surface area contributed by atoms with Gasteiger partial charge < -0.3 is 10.2 Å². The van der Waals surface area contributed by atoms with Crippen molar-refractivity contribution in [1.82, 2.24) is 9.88 Å². The van der Waals surface area contributed by atoms with E-state index in [9.17, 15) is 9.59 Å².